The van der Waals surface area contributed by atoms with Crippen molar-refractivity contribution in [3.05, 3.63) is 70.2 Å². The number of carbonyl (C=O) groups excluding carboxylic acids is 2. The maximum atomic E-state index is 12.3. The lowest BCUT2D eigenvalue weighted by molar-refractivity contribution is -0.126. The molecule has 0 radical (unpaired) electrons. The first-order valence-corrected chi connectivity index (χ1v) is 9.61. The van der Waals surface area contributed by atoms with Gasteiger partial charge in [-0.15, -0.1) is 0 Å². The Morgan fingerprint density at radius 3 is 2.27 bits per heavy atom. The van der Waals surface area contributed by atoms with E-state index in [0.717, 1.165) is 22.0 Å². The van der Waals surface area contributed by atoms with Gasteiger partial charge >= 0.3 is 0 Å². The molecule has 2 N–H and O–H groups in total. The fourth-order valence-corrected chi connectivity index (χ4v) is 3.06. The lowest BCUT2D eigenvalue weighted by Crippen LogP contribution is -2.45. The molecule has 2 atom stereocenters. The molecule has 0 unspecified atom stereocenters. The molecule has 0 spiro atoms. The Bertz CT molecular complexity index is 717. The zero-order valence-electron chi connectivity index (χ0n) is 15.2. The third kappa shape index (κ3) is 6.39. The summed E-state index contributed by atoms with van der Waals surface area (Å²) in [5.74, 6) is -0.209. The number of halogens is 1. The van der Waals surface area contributed by atoms with Crippen molar-refractivity contribution in [2.24, 2.45) is 0 Å². The zero-order valence-corrected chi connectivity index (χ0v) is 16.8. The van der Waals surface area contributed by atoms with Gasteiger partial charge in [-0.1, -0.05) is 65.3 Å². The van der Waals surface area contributed by atoms with Crippen LogP contribution in [0.3, 0.4) is 0 Å². The maximum absolute atomic E-state index is 12.3. The van der Waals surface area contributed by atoms with Crippen LogP contribution in [0.4, 0.5) is 0 Å². The molecule has 0 aromatic heterocycles. The quantitative estimate of drug-likeness (QED) is 0.653. The molecule has 2 aromatic rings. The van der Waals surface area contributed by atoms with Crippen LogP contribution in [-0.4, -0.2) is 24.3 Å². The number of benzene rings is 2. The third-order valence-electron chi connectivity index (χ3n) is 4.30. The SMILES string of the molecule is CC[C@H](NCC(=O)N[C@H](Cc1ccccc1)C(C)=O)c1ccc(Br)cc1. The van der Waals surface area contributed by atoms with Crippen molar-refractivity contribution >= 4 is 27.6 Å². The highest BCUT2D eigenvalue weighted by atomic mass is 79.9. The standard InChI is InChI=1S/C21H25BrN2O2/c1-3-19(17-9-11-18(22)12-10-17)23-14-21(26)24-20(15(2)25)13-16-7-5-4-6-8-16/h4-12,19-20,23H,3,13-14H2,1-2H3,(H,24,26)/t19-,20+/m0/s1. The minimum atomic E-state index is -0.501. The van der Waals surface area contributed by atoms with E-state index in [1.165, 1.54) is 6.92 Å². The van der Waals surface area contributed by atoms with E-state index < -0.39 is 6.04 Å². The molecule has 4 nitrogen and oxygen atoms in total. The lowest BCUT2D eigenvalue weighted by atomic mass is 10.0. The minimum absolute atomic E-state index is 0.0397. The second-order valence-electron chi connectivity index (χ2n) is 6.31. The largest absolute Gasteiger partial charge is 0.345 e. The molecule has 0 bridgehead atoms. The summed E-state index contributed by atoms with van der Waals surface area (Å²) in [6.45, 7) is 3.76. The van der Waals surface area contributed by atoms with Crippen molar-refractivity contribution in [2.45, 2.75) is 38.8 Å². The molecular formula is C21H25BrN2O2. The fourth-order valence-electron chi connectivity index (χ4n) is 2.80. The van der Waals surface area contributed by atoms with Crippen molar-refractivity contribution in [2.75, 3.05) is 6.54 Å². The number of Topliss-reactive ketones (excluding diaryl/α,β-unsaturated/α-hetero) is 1. The van der Waals surface area contributed by atoms with Crippen LogP contribution < -0.4 is 10.6 Å². The van der Waals surface area contributed by atoms with E-state index in [1.54, 1.807) is 0 Å². The third-order valence-corrected chi connectivity index (χ3v) is 4.83. The van der Waals surface area contributed by atoms with Crippen LogP contribution in [0.1, 0.15) is 37.4 Å². The van der Waals surface area contributed by atoms with Crippen LogP contribution in [0.2, 0.25) is 0 Å². The summed E-state index contributed by atoms with van der Waals surface area (Å²) in [4.78, 5) is 24.2. The van der Waals surface area contributed by atoms with Crippen molar-refractivity contribution in [3.63, 3.8) is 0 Å². The molecule has 0 aliphatic heterocycles. The van der Waals surface area contributed by atoms with E-state index in [1.807, 2.05) is 54.6 Å². The Labute approximate surface area is 163 Å². The summed E-state index contributed by atoms with van der Waals surface area (Å²) in [5.41, 5.74) is 2.16. The van der Waals surface area contributed by atoms with E-state index >= 15 is 0 Å². The monoisotopic (exact) mass is 416 g/mol. The van der Waals surface area contributed by atoms with Crippen molar-refractivity contribution < 1.29 is 9.59 Å². The Balaban J connectivity index is 1.90. The smallest absolute Gasteiger partial charge is 0.234 e. The predicted octanol–water partition coefficient (Wildman–Crippen LogP) is 3.81. The molecule has 5 heteroatoms. The van der Waals surface area contributed by atoms with Gasteiger partial charge in [0.05, 0.1) is 12.6 Å². The first kappa shape index (κ1) is 20.3. The zero-order chi connectivity index (χ0) is 18.9. The topological polar surface area (TPSA) is 58.2 Å². The second kappa shape index (κ2) is 10.2. The summed E-state index contributed by atoms with van der Waals surface area (Å²) in [5, 5.41) is 6.12. The Morgan fingerprint density at radius 2 is 1.69 bits per heavy atom. The number of amides is 1. The molecule has 2 aromatic carbocycles. The second-order valence-corrected chi connectivity index (χ2v) is 7.23. The van der Waals surface area contributed by atoms with Gasteiger partial charge in [-0.2, -0.15) is 0 Å². The average molecular weight is 417 g/mol. The van der Waals surface area contributed by atoms with Gasteiger partial charge in [0.25, 0.3) is 0 Å². The van der Waals surface area contributed by atoms with E-state index in [2.05, 4.69) is 33.5 Å². The Morgan fingerprint density at radius 1 is 1.04 bits per heavy atom. The summed E-state index contributed by atoms with van der Waals surface area (Å²) in [6, 6.07) is 17.4. The minimum Gasteiger partial charge on any atom is -0.345 e. The molecule has 138 valence electrons. The number of hydrogen-bond donors (Lipinski definition) is 2. The Hall–Kier alpha value is -1.98. The predicted molar refractivity (Wildman–Crippen MR) is 108 cm³/mol. The Kier molecular flexibility index (Phi) is 8.01. The highest BCUT2D eigenvalue weighted by Crippen LogP contribution is 2.19. The van der Waals surface area contributed by atoms with Gasteiger partial charge in [0.2, 0.25) is 5.91 Å². The van der Waals surface area contributed by atoms with Crippen LogP contribution in [0, 0.1) is 0 Å². The van der Waals surface area contributed by atoms with Crippen LogP contribution in [0.25, 0.3) is 0 Å². The molecule has 2 rings (SSSR count). The summed E-state index contributed by atoms with van der Waals surface area (Å²) in [7, 11) is 0. The highest BCUT2D eigenvalue weighted by molar-refractivity contribution is 9.10. The molecule has 26 heavy (non-hydrogen) atoms. The molecule has 0 aliphatic rings. The highest BCUT2D eigenvalue weighted by Gasteiger charge is 2.18. The van der Waals surface area contributed by atoms with Gasteiger partial charge in [-0.25, -0.2) is 0 Å². The van der Waals surface area contributed by atoms with Gasteiger partial charge in [0, 0.05) is 10.5 Å². The summed E-state index contributed by atoms with van der Waals surface area (Å²) < 4.78 is 1.03. The maximum Gasteiger partial charge on any atom is 0.234 e. The molecule has 0 aliphatic carbocycles. The van der Waals surface area contributed by atoms with Gasteiger partial charge in [-0.3, -0.25) is 9.59 Å². The number of rotatable bonds is 9. The van der Waals surface area contributed by atoms with Crippen molar-refractivity contribution in [1.29, 1.82) is 0 Å². The van der Waals surface area contributed by atoms with Crippen molar-refractivity contribution in [1.82, 2.24) is 10.6 Å². The van der Waals surface area contributed by atoms with Crippen LogP contribution >= 0.6 is 15.9 Å². The first-order chi connectivity index (χ1) is 12.5. The van der Waals surface area contributed by atoms with Gasteiger partial charge in [0.1, 0.15) is 0 Å². The van der Waals surface area contributed by atoms with E-state index in [0.29, 0.717) is 6.42 Å². The normalized spacial score (nSPS) is 13.0. The van der Waals surface area contributed by atoms with Crippen molar-refractivity contribution in [3.8, 4) is 0 Å². The van der Waals surface area contributed by atoms with Crippen LogP contribution in [0.5, 0.6) is 0 Å². The van der Waals surface area contributed by atoms with Gasteiger partial charge in [0.15, 0.2) is 5.78 Å². The number of hydrogen-bond acceptors (Lipinski definition) is 3. The average Bonchev–Trinajstić information content (AvgIpc) is 2.64. The molecule has 0 fully saturated rings. The first-order valence-electron chi connectivity index (χ1n) is 8.82. The molecule has 1 amide bonds. The molecular weight excluding hydrogens is 392 g/mol. The number of nitrogens with one attached hydrogen (secondary N) is 2. The number of carbonyl (C=O) groups is 2. The fraction of sp³-hybridized carbons (Fsp3) is 0.333. The van der Waals surface area contributed by atoms with E-state index in [-0.39, 0.29) is 24.3 Å². The van der Waals surface area contributed by atoms with E-state index in [9.17, 15) is 9.59 Å². The summed E-state index contributed by atoms with van der Waals surface area (Å²) >= 11 is 3.43. The van der Waals surface area contributed by atoms with Gasteiger partial charge in [-0.05, 0) is 43.0 Å². The molecule has 0 heterocycles. The lowest BCUT2D eigenvalue weighted by Gasteiger charge is -2.20. The van der Waals surface area contributed by atoms with Gasteiger partial charge < -0.3 is 10.6 Å². The molecule has 0 saturated carbocycles. The van der Waals surface area contributed by atoms with Crippen LogP contribution in [-0.2, 0) is 16.0 Å². The summed E-state index contributed by atoms with van der Waals surface area (Å²) in [6.07, 6.45) is 1.38. The number of ketones is 1. The van der Waals surface area contributed by atoms with Crippen LogP contribution in [0.15, 0.2) is 59.1 Å². The van der Waals surface area contributed by atoms with E-state index in [4.69, 9.17) is 0 Å². The molecule has 0 saturated heterocycles.